The topological polar surface area (TPSA) is 87.9 Å². The van der Waals surface area contributed by atoms with Gasteiger partial charge in [0.25, 0.3) is 5.69 Å². The number of rotatable bonds is 8. The molecular weight excluding hydrogens is 326 g/mol. The molecule has 0 aliphatic carbocycles. The zero-order valence-electron chi connectivity index (χ0n) is 14.1. The number of hydrogen-bond donors (Lipinski definition) is 0. The van der Waals surface area contributed by atoms with Crippen LogP contribution in [0, 0.1) is 10.1 Å². The zero-order valence-corrected chi connectivity index (χ0v) is 14.1. The van der Waals surface area contributed by atoms with Crippen molar-refractivity contribution in [2.45, 2.75) is 20.5 Å². The monoisotopic (exact) mass is 345 g/mol. The van der Waals surface area contributed by atoms with Crippen LogP contribution in [0.5, 0.6) is 11.5 Å². The highest BCUT2D eigenvalue weighted by atomic mass is 16.6. The Hall–Kier alpha value is -3.09. The Balaban J connectivity index is 2.39. The highest BCUT2D eigenvalue weighted by molar-refractivity contribution is 5.95. The lowest BCUT2D eigenvalue weighted by molar-refractivity contribution is -0.385. The zero-order chi connectivity index (χ0) is 18.2. The van der Waals surface area contributed by atoms with Gasteiger partial charge in [0.1, 0.15) is 12.2 Å². The second kappa shape index (κ2) is 8.68. The number of nitro groups is 1. The van der Waals surface area contributed by atoms with Gasteiger partial charge in [-0.1, -0.05) is 30.3 Å². The van der Waals surface area contributed by atoms with Gasteiger partial charge in [-0.25, -0.2) is 4.79 Å². The molecule has 2 rings (SSSR count). The molecular formula is C18H19NO6. The van der Waals surface area contributed by atoms with Crippen LogP contribution in [0.2, 0.25) is 0 Å². The largest absolute Gasteiger partial charge is 0.490 e. The minimum atomic E-state index is -0.776. The summed E-state index contributed by atoms with van der Waals surface area (Å²) in [5.41, 5.74) is 0.369. The summed E-state index contributed by atoms with van der Waals surface area (Å²) in [5, 5.41) is 11.3. The molecule has 2 aromatic carbocycles. The van der Waals surface area contributed by atoms with Gasteiger partial charge in [0.05, 0.1) is 24.2 Å². The van der Waals surface area contributed by atoms with Gasteiger partial charge in [-0.2, -0.15) is 0 Å². The second-order valence-electron chi connectivity index (χ2n) is 5.00. The number of esters is 1. The van der Waals surface area contributed by atoms with Crippen LogP contribution in [0.1, 0.15) is 29.8 Å². The maximum Gasteiger partial charge on any atom is 0.345 e. The van der Waals surface area contributed by atoms with Crippen LogP contribution in [0.25, 0.3) is 0 Å². The summed E-state index contributed by atoms with van der Waals surface area (Å²) in [6.07, 6.45) is 0. The van der Waals surface area contributed by atoms with Crippen LogP contribution in [0.4, 0.5) is 5.69 Å². The molecule has 0 saturated heterocycles. The van der Waals surface area contributed by atoms with E-state index in [0.29, 0.717) is 6.61 Å². The van der Waals surface area contributed by atoms with Crippen LogP contribution in [-0.4, -0.2) is 24.1 Å². The molecule has 2 aromatic rings. The maximum atomic E-state index is 12.0. The lowest BCUT2D eigenvalue weighted by atomic mass is 10.1. The number of nitro benzene ring substituents is 1. The summed E-state index contributed by atoms with van der Waals surface area (Å²) in [7, 11) is 0. The van der Waals surface area contributed by atoms with E-state index < -0.39 is 10.9 Å². The van der Waals surface area contributed by atoms with E-state index in [1.54, 1.807) is 13.8 Å². The Morgan fingerprint density at radius 1 is 1.04 bits per heavy atom. The molecule has 0 aliphatic heterocycles. The van der Waals surface area contributed by atoms with Gasteiger partial charge in [0.2, 0.25) is 0 Å². The first-order valence-corrected chi connectivity index (χ1v) is 7.85. The van der Waals surface area contributed by atoms with Crippen molar-refractivity contribution in [2.24, 2.45) is 0 Å². The van der Waals surface area contributed by atoms with E-state index in [4.69, 9.17) is 14.2 Å². The molecule has 0 N–H and O–H groups in total. The predicted molar refractivity (Wildman–Crippen MR) is 91.0 cm³/mol. The smallest absolute Gasteiger partial charge is 0.345 e. The van der Waals surface area contributed by atoms with Crippen molar-refractivity contribution in [3.63, 3.8) is 0 Å². The molecule has 0 spiro atoms. The van der Waals surface area contributed by atoms with E-state index >= 15 is 0 Å². The molecule has 0 atom stereocenters. The summed E-state index contributed by atoms with van der Waals surface area (Å²) in [5.74, 6) is -0.320. The Morgan fingerprint density at radius 2 is 1.72 bits per heavy atom. The molecule has 7 heteroatoms. The molecule has 0 saturated carbocycles. The van der Waals surface area contributed by atoms with E-state index in [9.17, 15) is 14.9 Å². The maximum absolute atomic E-state index is 12.0. The van der Waals surface area contributed by atoms with Crippen LogP contribution in [0.3, 0.4) is 0 Å². The number of carbonyl (C=O) groups is 1. The quantitative estimate of drug-likeness (QED) is 0.411. The van der Waals surface area contributed by atoms with E-state index in [-0.39, 0.29) is 36.0 Å². The van der Waals surface area contributed by atoms with E-state index in [0.717, 1.165) is 5.56 Å². The fraction of sp³-hybridized carbons (Fsp3) is 0.278. The minimum absolute atomic E-state index is 0.114. The van der Waals surface area contributed by atoms with Crippen LogP contribution in [0.15, 0.2) is 42.5 Å². The predicted octanol–water partition coefficient (Wildman–Crippen LogP) is 3.75. The van der Waals surface area contributed by atoms with Gasteiger partial charge in [-0.3, -0.25) is 10.1 Å². The Morgan fingerprint density at radius 3 is 2.32 bits per heavy atom. The first kappa shape index (κ1) is 18.3. The highest BCUT2D eigenvalue weighted by Crippen LogP contribution is 2.35. The lowest BCUT2D eigenvalue weighted by Gasteiger charge is -2.13. The summed E-state index contributed by atoms with van der Waals surface area (Å²) < 4.78 is 16.1. The summed E-state index contributed by atoms with van der Waals surface area (Å²) in [6, 6.07) is 11.9. The van der Waals surface area contributed by atoms with Crippen LogP contribution >= 0.6 is 0 Å². The van der Waals surface area contributed by atoms with Crippen molar-refractivity contribution in [3.8, 4) is 11.5 Å². The molecule has 0 aliphatic rings. The van der Waals surface area contributed by atoms with Crippen molar-refractivity contribution in [1.29, 1.82) is 0 Å². The molecule has 0 amide bonds. The fourth-order valence-electron chi connectivity index (χ4n) is 2.19. The summed E-state index contributed by atoms with van der Waals surface area (Å²) >= 11 is 0. The molecule has 0 bridgehead atoms. The summed E-state index contributed by atoms with van der Waals surface area (Å²) in [6.45, 7) is 4.04. The second-order valence-corrected chi connectivity index (χ2v) is 5.00. The van der Waals surface area contributed by atoms with Gasteiger partial charge in [0, 0.05) is 6.07 Å². The van der Waals surface area contributed by atoms with Gasteiger partial charge >= 0.3 is 5.97 Å². The van der Waals surface area contributed by atoms with E-state index in [2.05, 4.69) is 0 Å². The standard InChI is InChI=1S/C18H19NO6/c1-3-23-17-11-15(19(21)22)14(18(20)24-4-2)10-16(17)25-12-13-8-6-5-7-9-13/h5-11H,3-4,12H2,1-2H3. The average molecular weight is 345 g/mol. The Kier molecular flexibility index (Phi) is 6.33. The van der Waals surface area contributed by atoms with Gasteiger partial charge in [0.15, 0.2) is 11.5 Å². The van der Waals surface area contributed by atoms with Crippen molar-refractivity contribution in [2.75, 3.05) is 13.2 Å². The highest BCUT2D eigenvalue weighted by Gasteiger charge is 2.26. The number of ether oxygens (including phenoxy) is 3. The van der Waals surface area contributed by atoms with Crippen molar-refractivity contribution in [1.82, 2.24) is 0 Å². The fourth-order valence-corrected chi connectivity index (χ4v) is 2.19. The number of carbonyl (C=O) groups excluding carboxylic acids is 1. The average Bonchev–Trinajstić information content (AvgIpc) is 2.61. The summed E-state index contributed by atoms with van der Waals surface area (Å²) in [4.78, 5) is 22.7. The molecule has 0 aromatic heterocycles. The number of hydrogen-bond acceptors (Lipinski definition) is 6. The Bertz CT molecular complexity index is 745. The minimum Gasteiger partial charge on any atom is -0.490 e. The molecule has 25 heavy (non-hydrogen) atoms. The Labute approximate surface area is 145 Å². The third-order valence-corrected chi connectivity index (χ3v) is 3.29. The van der Waals surface area contributed by atoms with Crippen LogP contribution < -0.4 is 9.47 Å². The molecule has 132 valence electrons. The molecule has 0 unspecified atom stereocenters. The van der Waals surface area contributed by atoms with Gasteiger partial charge in [-0.05, 0) is 19.4 Å². The lowest BCUT2D eigenvalue weighted by Crippen LogP contribution is -2.10. The number of nitrogens with zero attached hydrogens (tertiary/aromatic N) is 1. The van der Waals surface area contributed by atoms with E-state index in [1.807, 2.05) is 30.3 Å². The third-order valence-electron chi connectivity index (χ3n) is 3.29. The SMILES string of the molecule is CCOC(=O)c1cc(OCc2ccccc2)c(OCC)cc1[N+](=O)[O-]. The van der Waals surface area contributed by atoms with Crippen molar-refractivity contribution >= 4 is 11.7 Å². The first-order valence-electron chi connectivity index (χ1n) is 7.85. The van der Waals surface area contributed by atoms with E-state index in [1.165, 1.54) is 12.1 Å². The molecule has 0 fully saturated rings. The van der Waals surface area contributed by atoms with Crippen molar-refractivity contribution in [3.05, 3.63) is 63.7 Å². The third kappa shape index (κ3) is 4.69. The normalized spacial score (nSPS) is 10.2. The molecule has 0 heterocycles. The first-order chi connectivity index (χ1) is 12.1. The van der Waals surface area contributed by atoms with Crippen molar-refractivity contribution < 1.29 is 23.9 Å². The van der Waals surface area contributed by atoms with Gasteiger partial charge < -0.3 is 14.2 Å². The molecule has 0 radical (unpaired) electrons. The van der Waals surface area contributed by atoms with Gasteiger partial charge in [-0.15, -0.1) is 0 Å². The molecule has 7 nitrogen and oxygen atoms in total. The van der Waals surface area contributed by atoms with Crippen LogP contribution in [-0.2, 0) is 11.3 Å². The number of benzene rings is 2.